The van der Waals surface area contributed by atoms with Crippen LogP contribution in [0.1, 0.15) is 12.8 Å². The van der Waals surface area contributed by atoms with Gasteiger partial charge in [0.1, 0.15) is 4.21 Å². The predicted molar refractivity (Wildman–Crippen MR) is 74.1 cm³/mol. The van der Waals surface area contributed by atoms with Crippen molar-refractivity contribution >= 4 is 31.4 Å². The molecule has 0 aliphatic carbocycles. The molecule has 108 valence electrons. The largest absolute Gasteiger partial charge is 0.250 e. The number of nitrogens with zero attached hydrogens (tertiary/aromatic N) is 1. The van der Waals surface area contributed by atoms with Crippen molar-refractivity contribution in [2.75, 3.05) is 19.3 Å². The standard InChI is InChI=1S/C10H16N2O4S3/c1-18(13,14)12-6-4-9(5-7-12)11-19(15,16)10-3-2-8-17-10/h2-3,8-9,11H,4-7H2,1H3. The molecule has 0 atom stereocenters. The Morgan fingerprint density at radius 2 is 1.89 bits per heavy atom. The average molecular weight is 324 g/mol. The van der Waals surface area contributed by atoms with Crippen LogP contribution >= 0.6 is 11.3 Å². The Morgan fingerprint density at radius 3 is 2.37 bits per heavy atom. The molecule has 1 N–H and O–H groups in total. The van der Waals surface area contributed by atoms with Gasteiger partial charge in [0.25, 0.3) is 0 Å². The van der Waals surface area contributed by atoms with Gasteiger partial charge in [-0.05, 0) is 24.3 Å². The summed E-state index contributed by atoms with van der Waals surface area (Å²) in [5.41, 5.74) is 0. The van der Waals surface area contributed by atoms with Gasteiger partial charge in [-0.15, -0.1) is 11.3 Å². The van der Waals surface area contributed by atoms with E-state index in [2.05, 4.69) is 4.72 Å². The maximum atomic E-state index is 12.0. The van der Waals surface area contributed by atoms with Gasteiger partial charge in [0.15, 0.2) is 0 Å². The first kappa shape index (κ1) is 14.9. The van der Waals surface area contributed by atoms with Crippen LogP contribution in [0.2, 0.25) is 0 Å². The molecule has 1 aromatic rings. The van der Waals surface area contributed by atoms with E-state index in [9.17, 15) is 16.8 Å². The van der Waals surface area contributed by atoms with Crippen molar-refractivity contribution in [3.8, 4) is 0 Å². The van der Waals surface area contributed by atoms with Gasteiger partial charge in [0.05, 0.1) is 6.26 Å². The molecule has 0 unspecified atom stereocenters. The second kappa shape index (κ2) is 5.49. The van der Waals surface area contributed by atoms with Gasteiger partial charge in [-0.2, -0.15) is 0 Å². The van der Waals surface area contributed by atoms with Crippen molar-refractivity contribution in [2.45, 2.75) is 23.1 Å². The Bertz CT molecular complexity index is 614. The van der Waals surface area contributed by atoms with Crippen molar-refractivity contribution in [3.05, 3.63) is 17.5 Å². The van der Waals surface area contributed by atoms with Gasteiger partial charge < -0.3 is 0 Å². The van der Waals surface area contributed by atoms with Crippen molar-refractivity contribution in [1.82, 2.24) is 9.03 Å². The molecule has 1 saturated heterocycles. The van der Waals surface area contributed by atoms with Gasteiger partial charge in [0, 0.05) is 19.1 Å². The molecule has 0 saturated carbocycles. The molecule has 0 spiro atoms. The molecule has 1 aromatic heterocycles. The number of hydrogen-bond acceptors (Lipinski definition) is 5. The molecule has 9 heteroatoms. The Morgan fingerprint density at radius 1 is 1.26 bits per heavy atom. The van der Waals surface area contributed by atoms with Crippen LogP contribution in [-0.2, 0) is 20.0 Å². The normalized spacial score (nSPS) is 19.6. The number of nitrogens with one attached hydrogen (secondary N) is 1. The van der Waals surface area contributed by atoms with E-state index in [-0.39, 0.29) is 10.3 Å². The third-order valence-corrected chi connectivity index (χ3v) is 7.23. The first-order valence-corrected chi connectivity index (χ1v) is 10.0. The Kier molecular flexibility index (Phi) is 4.31. The molecule has 19 heavy (non-hydrogen) atoms. The lowest BCUT2D eigenvalue weighted by Gasteiger charge is -2.30. The molecule has 0 bridgehead atoms. The monoisotopic (exact) mass is 324 g/mol. The van der Waals surface area contributed by atoms with Crippen molar-refractivity contribution < 1.29 is 16.8 Å². The summed E-state index contributed by atoms with van der Waals surface area (Å²) in [5.74, 6) is 0. The van der Waals surface area contributed by atoms with Crippen LogP contribution in [0.3, 0.4) is 0 Å². The van der Waals surface area contributed by atoms with Crippen LogP contribution in [-0.4, -0.2) is 46.5 Å². The molecule has 0 aromatic carbocycles. The number of sulfonamides is 2. The van der Waals surface area contributed by atoms with E-state index in [1.165, 1.54) is 21.9 Å². The lowest BCUT2D eigenvalue weighted by Crippen LogP contribution is -2.46. The van der Waals surface area contributed by atoms with Gasteiger partial charge >= 0.3 is 0 Å². The summed E-state index contributed by atoms with van der Waals surface area (Å²) in [4.78, 5) is 0. The summed E-state index contributed by atoms with van der Waals surface area (Å²) in [6.45, 7) is 0.715. The zero-order valence-corrected chi connectivity index (χ0v) is 12.9. The van der Waals surface area contributed by atoms with E-state index < -0.39 is 20.0 Å². The van der Waals surface area contributed by atoms with Crippen LogP contribution in [0.25, 0.3) is 0 Å². The number of hydrogen-bond donors (Lipinski definition) is 1. The van der Waals surface area contributed by atoms with Crippen LogP contribution in [0.15, 0.2) is 21.7 Å². The fourth-order valence-corrected chi connectivity index (χ4v) is 5.19. The molecule has 6 nitrogen and oxygen atoms in total. The topological polar surface area (TPSA) is 83.6 Å². The van der Waals surface area contributed by atoms with E-state index in [0.29, 0.717) is 25.9 Å². The Labute approximate surface area is 117 Å². The highest BCUT2D eigenvalue weighted by Crippen LogP contribution is 2.19. The summed E-state index contributed by atoms with van der Waals surface area (Å²) in [7, 11) is -6.65. The Balaban J connectivity index is 1.97. The van der Waals surface area contributed by atoms with E-state index in [1.807, 2.05) is 0 Å². The van der Waals surface area contributed by atoms with Crippen molar-refractivity contribution in [3.63, 3.8) is 0 Å². The molecular formula is C10H16N2O4S3. The number of thiophene rings is 1. The molecule has 1 aliphatic heterocycles. The SMILES string of the molecule is CS(=O)(=O)N1CCC(NS(=O)(=O)c2cccs2)CC1. The highest BCUT2D eigenvalue weighted by molar-refractivity contribution is 7.91. The zero-order valence-electron chi connectivity index (χ0n) is 10.4. The average Bonchev–Trinajstić information content (AvgIpc) is 2.82. The molecular weight excluding hydrogens is 308 g/mol. The molecule has 0 amide bonds. The molecule has 0 radical (unpaired) electrons. The van der Waals surface area contributed by atoms with Crippen LogP contribution in [0, 0.1) is 0 Å². The van der Waals surface area contributed by atoms with Gasteiger partial charge in [-0.1, -0.05) is 6.07 Å². The third kappa shape index (κ3) is 3.76. The fraction of sp³-hybridized carbons (Fsp3) is 0.600. The minimum atomic E-state index is -3.47. The maximum Gasteiger partial charge on any atom is 0.250 e. The highest BCUT2D eigenvalue weighted by Gasteiger charge is 2.28. The minimum absolute atomic E-state index is 0.204. The quantitative estimate of drug-likeness (QED) is 0.871. The maximum absolute atomic E-state index is 12.0. The van der Waals surface area contributed by atoms with Crippen molar-refractivity contribution in [1.29, 1.82) is 0 Å². The van der Waals surface area contributed by atoms with E-state index in [4.69, 9.17) is 0 Å². The molecule has 2 rings (SSSR count). The molecule has 1 fully saturated rings. The van der Waals surface area contributed by atoms with E-state index >= 15 is 0 Å². The zero-order chi connectivity index (χ0) is 14.1. The second-order valence-electron chi connectivity index (χ2n) is 4.49. The second-order valence-corrected chi connectivity index (χ2v) is 9.36. The number of rotatable bonds is 4. The first-order valence-electron chi connectivity index (χ1n) is 5.80. The highest BCUT2D eigenvalue weighted by atomic mass is 32.2. The number of piperidine rings is 1. The van der Waals surface area contributed by atoms with Gasteiger partial charge in [-0.25, -0.2) is 25.9 Å². The van der Waals surface area contributed by atoms with Gasteiger partial charge in [-0.3, -0.25) is 0 Å². The lowest BCUT2D eigenvalue weighted by atomic mass is 10.1. The van der Waals surface area contributed by atoms with E-state index in [1.54, 1.807) is 17.5 Å². The summed E-state index contributed by atoms with van der Waals surface area (Å²) in [5, 5.41) is 1.71. The van der Waals surface area contributed by atoms with Crippen molar-refractivity contribution in [2.24, 2.45) is 0 Å². The minimum Gasteiger partial charge on any atom is -0.213 e. The molecule has 1 aliphatic rings. The van der Waals surface area contributed by atoms with Crippen LogP contribution in [0.5, 0.6) is 0 Å². The third-order valence-electron chi connectivity index (χ3n) is 3.00. The molecule has 2 heterocycles. The van der Waals surface area contributed by atoms with Crippen LogP contribution in [0.4, 0.5) is 0 Å². The van der Waals surface area contributed by atoms with E-state index in [0.717, 1.165) is 0 Å². The smallest absolute Gasteiger partial charge is 0.213 e. The Hall–Kier alpha value is -0.480. The summed E-state index contributed by atoms with van der Waals surface area (Å²) in [6, 6.07) is 3.04. The summed E-state index contributed by atoms with van der Waals surface area (Å²) < 4.78 is 51.0. The predicted octanol–water partition coefficient (Wildman–Crippen LogP) is 0.450. The van der Waals surface area contributed by atoms with Crippen LogP contribution < -0.4 is 4.72 Å². The van der Waals surface area contributed by atoms with Gasteiger partial charge in [0.2, 0.25) is 20.0 Å². The first-order chi connectivity index (χ1) is 8.79. The summed E-state index contributed by atoms with van der Waals surface area (Å²) >= 11 is 1.17. The lowest BCUT2D eigenvalue weighted by molar-refractivity contribution is 0.310. The fourth-order valence-electron chi connectivity index (χ4n) is 2.00. The summed E-state index contributed by atoms with van der Waals surface area (Å²) in [6.07, 6.45) is 2.17.